The van der Waals surface area contributed by atoms with Crippen molar-refractivity contribution in [3.8, 4) is 0 Å². The summed E-state index contributed by atoms with van der Waals surface area (Å²) in [5.74, 6) is -2.30. The molecule has 0 aliphatic heterocycles. The summed E-state index contributed by atoms with van der Waals surface area (Å²) in [5.41, 5.74) is 2.74. The van der Waals surface area contributed by atoms with E-state index in [1.54, 1.807) is 6.92 Å². The molecular weight excluding hydrogens is 338 g/mol. The zero-order chi connectivity index (χ0) is 18.7. The number of carbonyl (C=O) groups is 1. The topological polar surface area (TPSA) is 66.9 Å². The van der Waals surface area contributed by atoms with Crippen LogP contribution in [0.15, 0.2) is 48.5 Å². The minimum Gasteiger partial charge on any atom is -0.324 e. The van der Waals surface area contributed by atoms with E-state index in [1.807, 2.05) is 31.2 Å². The number of anilines is 3. The lowest BCUT2D eigenvalue weighted by Crippen LogP contribution is -2.15. The van der Waals surface area contributed by atoms with E-state index in [0.29, 0.717) is 5.69 Å². The Morgan fingerprint density at radius 1 is 0.885 bits per heavy atom. The Morgan fingerprint density at radius 2 is 1.58 bits per heavy atom. The molecule has 0 aliphatic carbocycles. The molecule has 5 nitrogen and oxygen atoms in total. The van der Waals surface area contributed by atoms with Gasteiger partial charge in [0, 0.05) is 23.1 Å². The number of rotatable bonds is 4. The van der Waals surface area contributed by atoms with Crippen LogP contribution in [0.3, 0.4) is 0 Å². The standard InChI is InChI=1S/C19H16F2N4O/c1-11-3-5-13(6-4-11)24-19-22-12(2)9-17(25-19)18(26)23-14-7-8-15(20)16(21)10-14/h3-10H,1-2H3,(H,23,26)(H,22,24,25). The average Bonchev–Trinajstić information content (AvgIpc) is 2.60. The van der Waals surface area contributed by atoms with Gasteiger partial charge in [-0.15, -0.1) is 0 Å². The maximum atomic E-state index is 13.3. The Kier molecular flexibility index (Phi) is 4.88. The zero-order valence-electron chi connectivity index (χ0n) is 14.2. The molecule has 0 unspecified atom stereocenters. The highest BCUT2D eigenvalue weighted by Gasteiger charge is 2.12. The molecule has 0 aliphatic rings. The first kappa shape index (κ1) is 17.5. The van der Waals surface area contributed by atoms with E-state index >= 15 is 0 Å². The molecule has 2 aromatic carbocycles. The predicted octanol–water partition coefficient (Wildman–Crippen LogP) is 4.37. The normalized spacial score (nSPS) is 10.5. The van der Waals surface area contributed by atoms with Gasteiger partial charge in [0.05, 0.1) is 0 Å². The van der Waals surface area contributed by atoms with Crippen molar-refractivity contribution >= 4 is 23.2 Å². The van der Waals surface area contributed by atoms with E-state index in [9.17, 15) is 13.6 Å². The van der Waals surface area contributed by atoms with E-state index in [4.69, 9.17) is 0 Å². The highest BCUT2D eigenvalue weighted by molar-refractivity contribution is 6.03. The SMILES string of the molecule is Cc1ccc(Nc2nc(C)cc(C(=O)Nc3ccc(F)c(F)c3)n2)cc1. The highest BCUT2D eigenvalue weighted by atomic mass is 19.2. The third-order valence-corrected chi connectivity index (χ3v) is 3.57. The number of aryl methyl sites for hydroxylation is 2. The molecule has 3 aromatic rings. The molecule has 0 atom stereocenters. The molecule has 2 N–H and O–H groups in total. The summed E-state index contributed by atoms with van der Waals surface area (Å²) in [6.45, 7) is 3.71. The van der Waals surface area contributed by atoms with Gasteiger partial charge in [-0.3, -0.25) is 4.79 Å². The number of hydrogen-bond donors (Lipinski definition) is 2. The van der Waals surface area contributed by atoms with E-state index in [2.05, 4.69) is 20.6 Å². The van der Waals surface area contributed by atoms with Gasteiger partial charge < -0.3 is 10.6 Å². The van der Waals surface area contributed by atoms with Crippen LogP contribution in [0.1, 0.15) is 21.7 Å². The second kappa shape index (κ2) is 7.26. The van der Waals surface area contributed by atoms with Crippen molar-refractivity contribution in [1.82, 2.24) is 9.97 Å². The Morgan fingerprint density at radius 3 is 2.27 bits per heavy atom. The average molecular weight is 354 g/mol. The van der Waals surface area contributed by atoms with E-state index in [-0.39, 0.29) is 17.3 Å². The molecule has 26 heavy (non-hydrogen) atoms. The van der Waals surface area contributed by atoms with Crippen molar-refractivity contribution in [3.63, 3.8) is 0 Å². The van der Waals surface area contributed by atoms with Gasteiger partial charge in [0.2, 0.25) is 5.95 Å². The third-order valence-electron chi connectivity index (χ3n) is 3.57. The fourth-order valence-corrected chi connectivity index (χ4v) is 2.28. The van der Waals surface area contributed by atoms with Gasteiger partial charge >= 0.3 is 0 Å². The molecule has 0 saturated carbocycles. The summed E-state index contributed by atoms with van der Waals surface area (Å²) in [5, 5.41) is 5.52. The monoisotopic (exact) mass is 354 g/mol. The van der Waals surface area contributed by atoms with Crippen LogP contribution in [-0.2, 0) is 0 Å². The zero-order valence-corrected chi connectivity index (χ0v) is 14.2. The fraction of sp³-hybridized carbons (Fsp3) is 0.105. The van der Waals surface area contributed by atoms with Crippen LogP contribution in [-0.4, -0.2) is 15.9 Å². The van der Waals surface area contributed by atoms with E-state index < -0.39 is 17.5 Å². The molecule has 0 radical (unpaired) electrons. The summed E-state index contributed by atoms with van der Waals surface area (Å²) in [6.07, 6.45) is 0. The fourth-order valence-electron chi connectivity index (χ4n) is 2.28. The molecule has 132 valence electrons. The van der Waals surface area contributed by atoms with Gasteiger partial charge in [-0.05, 0) is 44.2 Å². The molecule has 0 bridgehead atoms. The Labute approximate surface area is 149 Å². The highest BCUT2D eigenvalue weighted by Crippen LogP contribution is 2.17. The maximum absolute atomic E-state index is 13.3. The van der Waals surface area contributed by atoms with Gasteiger partial charge in [-0.25, -0.2) is 18.7 Å². The smallest absolute Gasteiger partial charge is 0.274 e. The number of hydrogen-bond acceptors (Lipinski definition) is 4. The summed E-state index contributed by atoms with van der Waals surface area (Å²) < 4.78 is 26.2. The summed E-state index contributed by atoms with van der Waals surface area (Å²) in [7, 11) is 0. The van der Waals surface area contributed by atoms with Crippen LogP contribution in [0.25, 0.3) is 0 Å². The van der Waals surface area contributed by atoms with Gasteiger partial charge in [0.15, 0.2) is 11.6 Å². The van der Waals surface area contributed by atoms with Crippen LogP contribution in [0.2, 0.25) is 0 Å². The van der Waals surface area contributed by atoms with Crippen LogP contribution >= 0.6 is 0 Å². The Balaban J connectivity index is 1.80. The quantitative estimate of drug-likeness (QED) is 0.730. The molecule has 1 heterocycles. The summed E-state index contributed by atoms with van der Waals surface area (Å²) in [6, 6.07) is 12.3. The molecule has 3 rings (SSSR count). The summed E-state index contributed by atoms with van der Waals surface area (Å²) in [4.78, 5) is 20.8. The van der Waals surface area contributed by atoms with E-state index in [1.165, 1.54) is 12.1 Å². The second-order valence-electron chi connectivity index (χ2n) is 5.79. The van der Waals surface area contributed by atoms with Crippen molar-refractivity contribution < 1.29 is 13.6 Å². The molecule has 0 spiro atoms. The van der Waals surface area contributed by atoms with Crippen molar-refractivity contribution in [2.24, 2.45) is 0 Å². The first-order valence-electron chi connectivity index (χ1n) is 7.86. The Hall–Kier alpha value is -3.35. The number of amides is 1. The van der Waals surface area contributed by atoms with Crippen LogP contribution < -0.4 is 10.6 Å². The van der Waals surface area contributed by atoms with Gasteiger partial charge in [0.25, 0.3) is 5.91 Å². The first-order valence-corrected chi connectivity index (χ1v) is 7.86. The largest absolute Gasteiger partial charge is 0.324 e. The van der Waals surface area contributed by atoms with Crippen molar-refractivity contribution in [1.29, 1.82) is 0 Å². The van der Waals surface area contributed by atoms with Crippen LogP contribution in [0.4, 0.5) is 26.1 Å². The van der Waals surface area contributed by atoms with Crippen molar-refractivity contribution in [3.05, 3.63) is 77.1 Å². The lowest BCUT2D eigenvalue weighted by Gasteiger charge is -2.09. The predicted molar refractivity (Wildman–Crippen MR) is 95.5 cm³/mol. The van der Waals surface area contributed by atoms with Crippen LogP contribution in [0.5, 0.6) is 0 Å². The minimum atomic E-state index is -1.04. The molecule has 1 aromatic heterocycles. The number of carbonyl (C=O) groups excluding carboxylic acids is 1. The number of aromatic nitrogens is 2. The molecular formula is C19H16F2N4O. The molecule has 0 saturated heterocycles. The lowest BCUT2D eigenvalue weighted by molar-refractivity contribution is 0.102. The maximum Gasteiger partial charge on any atom is 0.274 e. The number of nitrogens with zero attached hydrogens (tertiary/aromatic N) is 2. The van der Waals surface area contributed by atoms with Gasteiger partial charge in [-0.2, -0.15) is 0 Å². The van der Waals surface area contributed by atoms with E-state index in [0.717, 1.165) is 23.4 Å². The van der Waals surface area contributed by atoms with Crippen molar-refractivity contribution in [2.45, 2.75) is 13.8 Å². The van der Waals surface area contributed by atoms with Gasteiger partial charge in [-0.1, -0.05) is 17.7 Å². The second-order valence-corrected chi connectivity index (χ2v) is 5.79. The van der Waals surface area contributed by atoms with Gasteiger partial charge in [0.1, 0.15) is 5.69 Å². The van der Waals surface area contributed by atoms with Crippen molar-refractivity contribution in [2.75, 3.05) is 10.6 Å². The molecule has 7 heteroatoms. The number of nitrogens with one attached hydrogen (secondary N) is 2. The lowest BCUT2D eigenvalue weighted by atomic mass is 10.2. The summed E-state index contributed by atoms with van der Waals surface area (Å²) >= 11 is 0. The molecule has 1 amide bonds. The number of halogens is 2. The third kappa shape index (κ3) is 4.18. The Bertz CT molecular complexity index is 958. The first-order chi connectivity index (χ1) is 12.4. The number of benzene rings is 2. The van der Waals surface area contributed by atoms with Crippen LogP contribution in [0, 0.1) is 25.5 Å². The molecule has 0 fully saturated rings. The minimum absolute atomic E-state index is 0.108.